The highest BCUT2D eigenvalue weighted by atomic mass is 35.5. The average Bonchev–Trinajstić information content (AvgIpc) is 3.26. The zero-order chi connectivity index (χ0) is 23.4. The van der Waals surface area contributed by atoms with Crippen molar-refractivity contribution in [3.05, 3.63) is 58.6 Å². The fraction of sp³-hybridized carbons (Fsp3) is 0.417. The van der Waals surface area contributed by atoms with Crippen LogP contribution >= 0.6 is 11.6 Å². The average molecular weight is 490 g/mol. The first-order valence-corrected chi connectivity index (χ1v) is 13.1. The number of amides is 2. The molecule has 0 aliphatic carbocycles. The molecule has 0 spiro atoms. The summed E-state index contributed by atoms with van der Waals surface area (Å²) in [6, 6.07) is 11.8. The number of sulfonamides is 1. The van der Waals surface area contributed by atoms with Crippen molar-refractivity contribution in [1.29, 1.82) is 0 Å². The minimum absolute atomic E-state index is 0.0377. The van der Waals surface area contributed by atoms with E-state index in [4.69, 9.17) is 11.6 Å². The number of rotatable bonds is 7. The summed E-state index contributed by atoms with van der Waals surface area (Å²) >= 11 is 5.87. The van der Waals surface area contributed by atoms with Crippen molar-refractivity contribution < 1.29 is 18.0 Å². The number of anilines is 1. The predicted octanol–water partition coefficient (Wildman–Crippen LogP) is 3.50. The van der Waals surface area contributed by atoms with Crippen LogP contribution in [0.5, 0.6) is 0 Å². The quantitative estimate of drug-likeness (QED) is 0.644. The molecule has 1 N–H and O–H groups in total. The Balaban J connectivity index is 1.37. The summed E-state index contributed by atoms with van der Waals surface area (Å²) in [5, 5.41) is 0.593. The van der Waals surface area contributed by atoms with E-state index in [0.29, 0.717) is 18.0 Å². The fourth-order valence-electron chi connectivity index (χ4n) is 4.32. The van der Waals surface area contributed by atoms with E-state index in [1.807, 2.05) is 4.90 Å². The van der Waals surface area contributed by atoms with E-state index in [0.717, 1.165) is 49.2 Å². The van der Waals surface area contributed by atoms with Crippen LogP contribution in [0.15, 0.2) is 47.4 Å². The van der Waals surface area contributed by atoms with E-state index in [2.05, 4.69) is 4.72 Å². The molecule has 2 aromatic rings. The number of hydrogen-bond donors (Lipinski definition) is 1. The molecule has 0 radical (unpaired) electrons. The third kappa shape index (κ3) is 5.75. The van der Waals surface area contributed by atoms with Crippen molar-refractivity contribution in [1.82, 2.24) is 9.62 Å². The maximum atomic E-state index is 12.8. The van der Waals surface area contributed by atoms with Gasteiger partial charge in [-0.15, -0.1) is 0 Å². The molecule has 2 aliphatic rings. The van der Waals surface area contributed by atoms with Crippen molar-refractivity contribution in [3.63, 3.8) is 0 Å². The number of nitrogens with one attached hydrogen (secondary N) is 1. The van der Waals surface area contributed by atoms with Crippen molar-refractivity contribution in [2.24, 2.45) is 0 Å². The van der Waals surface area contributed by atoms with Crippen LogP contribution in [0, 0.1) is 0 Å². The molecule has 4 rings (SSSR count). The van der Waals surface area contributed by atoms with E-state index in [9.17, 15) is 18.0 Å². The number of likely N-dealkylation sites (tertiary alicyclic amines) is 1. The Labute approximate surface area is 199 Å². The number of hydrogen-bond acceptors (Lipinski definition) is 4. The van der Waals surface area contributed by atoms with Gasteiger partial charge in [0.2, 0.25) is 21.8 Å². The van der Waals surface area contributed by atoms with Gasteiger partial charge in [0.15, 0.2) is 0 Å². The molecular weight excluding hydrogens is 462 g/mol. The SMILES string of the molecule is O=C(CCC(=O)N1CCc2cc(S(=O)(=O)NCc3ccc(Cl)cc3)ccc21)N1CCCCC1. The molecule has 0 unspecified atom stereocenters. The molecule has 2 aliphatic heterocycles. The van der Waals surface area contributed by atoms with Gasteiger partial charge in [0.25, 0.3) is 0 Å². The lowest BCUT2D eigenvalue weighted by molar-refractivity contribution is -0.133. The Morgan fingerprint density at radius 2 is 1.61 bits per heavy atom. The normalized spacial score (nSPS) is 16.0. The van der Waals surface area contributed by atoms with E-state index >= 15 is 0 Å². The molecule has 33 heavy (non-hydrogen) atoms. The van der Waals surface area contributed by atoms with E-state index in [1.165, 1.54) is 6.07 Å². The first-order chi connectivity index (χ1) is 15.8. The van der Waals surface area contributed by atoms with Crippen molar-refractivity contribution in [2.75, 3.05) is 24.5 Å². The fourth-order valence-corrected chi connectivity index (χ4v) is 5.51. The molecule has 176 valence electrons. The number of benzene rings is 2. The lowest BCUT2D eigenvalue weighted by atomic mass is 10.1. The Kier molecular flexibility index (Phi) is 7.36. The Bertz CT molecular complexity index is 1130. The molecule has 0 saturated carbocycles. The lowest BCUT2D eigenvalue weighted by Crippen LogP contribution is -2.37. The molecule has 0 atom stereocenters. The van der Waals surface area contributed by atoms with Crippen LogP contribution in [0.3, 0.4) is 0 Å². The van der Waals surface area contributed by atoms with Crippen LogP contribution in [0.1, 0.15) is 43.2 Å². The van der Waals surface area contributed by atoms with Crippen molar-refractivity contribution in [2.45, 2.75) is 50.0 Å². The van der Waals surface area contributed by atoms with E-state index < -0.39 is 10.0 Å². The second-order valence-electron chi connectivity index (χ2n) is 8.48. The molecule has 2 heterocycles. The molecule has 2 amide bonds. The lowest BCUT2D eigenvalue weighted by Gasteiger charge is -2.27. The van der Waals surface area contributed by atoms with Gasteiger partial charge in [-0.1, -0.05) is 23.7 Å². The van der Waals surface area contributed by atoms with Gasteiger partial charge in [0, 0.05) is 49.7 Å². The number of carbonyl (C=O) groups is 2. The summed E-state index contributed by atoms with van der Waals surface area (Å²) in [5.74, 6) is -0.0637. The van der Waals surface area contributed by atoms with Gasteiger partial charge in [0.05, 0.1) is 4.90 Å². The maximum absolute atomic E-state index is 12.8. The number of nitrogens with zero attached hydrogens (tertiary/aromatic N) is 2. The van der Waals surface area contributed by atoms with Gasteiger partial charge in [-0.2, -0.15) is 0 Å². The first kappa shape index (κ1) is 23.7. The molecule has 9 heteroatoms. The summed E-state index contributed by atoms with van der Waals surface area (Å²) in [5.41, 5.74) is 2.35. The third-order valence-electron chi connectivity index (χ3n) is 6.20. The van der Waals surface area contributed by atoms with Crippen LogP contribution in [-0.2, 0) is 32.6 Å². The highest BCUT2D eigenvalue weighted by Crippen LogP contribution is 2.31. The highest BCUT2D eigenvalue weighted by Gasteiger charge is 2.27. The largest absolute Gasteiger partial charge is 0.343 e. The molecule has 0 bridgehead atoms. The van der Waals surface area contributed by atoms with Crippen LogP contribution in [0.25, 0.3) is 0 Å². The Hall–Kier alpha value is -2.42. The van der Waals surface area contributed by atoms with Gasteiger partial charge in [0.1, 0.15) is 0 Å². The van der Waals surface area contributed by atoms with E-state index in [1.54, 1.807) is 41.3 Å². The van der Waals surface area contributed by atoms with Crippen LogP contribution < -0.4 is 9.62 Å². The standard InChI is InChI=1S/C24H28ClN3O4S/c25-20-6-4-18(5-7-20)17-26-33(31,32)21-8-9-22-19(16-21)12-15-28(22)24(30)11-10-23(29)27-13-2-1-3-14-27/h4-9,16,26H,1-3,10-15,17H2. The maximum Gasteiger partial charge on any atom is 0.240 e. The molecular formula is C24H28ClN3O4S. The zero-order valence-electron chi connectivity index (χ0n) is 18.4. The van der Waals surface area contributed by atoms with Crippen molar-refractivity contribution in [3.8, 4) is 0 Å². The van der Waals surface area contributed by atoms with Gasteiger partial charge >= 0.3 is 0 Å². The third-order valence-corrected chi connectivity index (χ3v) is 7.85. The second kappa shape index (κ2) is 10.2. The summed E-state index contributed by atoms with van der Waals surface area (Å²) in [7, 11) is -3.70. The van der Waals surface area contributed by atoms with Crippen LogP contribution in [-0.4, -0.2) is 44.8 Å². The van der Waals surface area contributed by atoms with Gasteiger partial charge in [-0.3, -0.25) is 9.59 Å². The molecule has 1 saturated heterocycles. The summed E-state index contributed by atoms with van der Waals surface area (Å²) < 4.78 is 28.1. The van der Waals surface area contributed by atoms with Gasteiger partial charge < -0.3 is 9.80 Å². The molecule has 0 aromatic heterocycles. The number of piperidine rings is 1. The Morgan fingerprint density at radius 1 is 0.909 bits per heavy atom. The summed E-state index contributed by atoms with van der Waals surface area (Å²) in [4.78, 5) is 28.8. The first-order valence-electron chi connectivity index (χ1n) is 11.3. The smallest absolute Gasteiger partial charge is 0.240 e. The topological polar surface area (TPSA) is 86.8 Å². The van der Waals surface area contributed by atoms with Crippen molar-refractivity contribution >= 4 is 39.1 Å². The molecule has 7 nitrogen and oxygen atoms in total. The molecule has 1 fully saturated rings. The van der Waals surface area contributed by atoms with Gasteiger partial charge in [-0.05, 0) is 67.1 Å². The summed E-state index contributed by atoms with van der Waals surface area (Å²) in [6.45, 7) is 2.21. The van der Waals surface area contributed by atoms with Gasteiger partial charge in [-0.25, -0.2) is 13.1 Å². The Morgan fingerprint density at radius 3 is 2.33 bits per heavy atom. The van der Waals surface area contributed by atoms with Crippen LogP contribution in [0.2, 0.25) is 5.02 Å². The number of halogens is 1. The van der Waals surface area contributed by atoms with E-state index in [-0.39, 0.29) is 36.1 Å². The van der Waals surface area contributed by atoms with Crippen LogP contribution in [0.4, 0.5) is 5.69 Å². The zero-order valence-corrected chi connectivity index (χ0v) is 20.0. The minimum atomic E-state index is -3.70. The number of carbonyl (C=O) groups excluding carboxylic acids is 2. The second-order valence-corrected chi connectivity index (χ2v) is 10.7. The predicted molar refractivity (Wildman–Crippen MR) is 128 cm³/mol. The monoisotopic (exact) mass is 489 g/mol. The summed E-state index contributed by atoms with van der Waals surface area (Å²) in [6.07, 6.45) is 4.17. The highest BCUT2D eigenvalue weighted by molar-refractivity contribution is 7.89. The minimum Gasteiger partial charge on any atom is -0.343 e. The number of fused-ring (bicyclic) bond motifs is 1. The molecule has 2 aromatic carbocycles.